The molecule has 74 valence electrons. The van der Waals surface area contributed by atoms with Crippen LogP contribution in [0.5, 0.6) is 0 Å². The predicted octanol–water partition coefficient (Wildman–Crippen LogP) is 1.41. The molecule has 2 atom stereocenters. The molecule has 2 bridgehead atoms. The first-order valence-electron chi connectivity index (χ1n) is 5.92. The molecule has 1 aliphatic carbocycles. The third kappa shape index (κ3) is 1.62. The lowest BCUT2D eigenvalue weighted by atomic mass is 9.90. The first kappa shape index (κ1) is 8.25. The summed E-state index contributed by atoms with van der Waals surface area (Å²) in [5.74, 6) is 0. The Kier molecular flexibility index (Phi) is 2.06. The SMILES string of the molecule is C1CC(NC2CC3CCC(C2)N3)C1. The molecule has 0 aromatic heterocycles. The zero-order valence-electron chi connectivity index (χ0n) is 8.26. The molecule has 3 rings (SSSR count). The Morgan fingerprint density at radius 3 is 2.08 bits per heavy atom. The molecule has 2 heterocycles. The van der Waals surface area contributed by atoms with Crippen LogP contribution in [0.25, 0.3) is 0 Å². The highest BCUT2D eigenvalue weighted by Gasteiger charge is 2.34. The fourth-order valence-corrected chi connectivity index (χ4v) is 3.10. The summed E-state index contributed by atoms with van der Waals surface area (Å²) >= 11 is 0. The Balaban J connectivity index is 1.54. The van der Waals surface area contributed by atoms with Gasteiger partial charge in [0.05, 0.1) is 0 Å². The van der Waals surface area contributed by atoms with Crippen molar-refractivity contribution < 1.29 is 0 Å². The predicted molar refractivity (Wildman–Crippen MR) is 53.7 cm³/mol. The largest absolute Gasteiger partial charge is 0.311 e. The van der Waals surface area contributed by atoms with E-state index < -0.39 is 0 Å². The number of hydrogen-bond acceptors (Lipinski definition) is 2. The van der Waals surface area contributed by atoms with E-state index in [-0.39, 0.29) is 0 Å². The van der Waals surface area contributed by atoms with Gasteiger partial charge in [0.2, 0.25) is 0 Å². The smallest absolute Gasteiger partial charge is 0.00992 e. The van der Waals surface area contributed by atoms with E-state index in [2.05, 4.69) is 10.6 Å². The van der Waals surface area contributed by atoms with Gasteiger partial charge in [0.1, 0.15) is 0 Å². The summed E-state index contributed by atoms with van der Waals surface area (Å²) in [6.45, 7) is 0. The van der Waals surface area contributed by atoms with Gasteiger partial charge in [0.25, 0.3) is 0 Å². The van der Waals surface area contributed by atoms with Crippen molar-refractivity contribution in [3.8, 4) is 0 Å². The van der Waals surface area contributed by atoms with E-state index in [1.807, 2.05) is 0 Å². The summed E-state index contributed by atoms with van der Waals surface area (Å²) in [7, 11) is 0. The zero-order valence-corrected chi connectivity index (χ0v) is 8.26. The van der Waals surface area contributed by atoms with Crippen molar-refractivity contribution in [1.82, 2.24) is 10.6 Å². The van der Waals surface area contributed by atoms with Crippen LogP contribution in [0, 0.1) is 0 Å². The maximum atomic E-state index is 3.82. The van der Waals surface area contributed by atoms with Crippen molar-refractivity contribution in [3.05, 3.63) is 0 Å². The Morgan fingerprint density at radius 1 is 0.846 bits per heavy atom. The summed E-state index contributed by atoms with van der Waals surface area (Å²) < 4.78 is 0. The average molecular weight is 180 g/mol. The van der Waals surface area contributed by atoms with E-state index >= 15 is 0 Å². The molecule has 2 heteroatoms. The van der Waals surface area contributed by atoms with Gasteiger partial charge in [-0.15, -0.1) is 0 Å². The number of piperidine rings is 1. The third-order valence-corrected chi connectivity index (χ3v) is 4.05. The van der Waals surface area contributed by atoms with Gasteiger partial charge in [0.15, 0.2) is 0 Å². The van der Waals surface area contributed by atoms with E-state index in [1.54, 1.807) is 0 Å². The Labute approximate surface area is 80.5 Å². The van der Waals surface area contributed by atoms with Crippen LogP contribution in [0.3, 0.4) is 0 Å². The molecule has 2 aliphatic heterocycles. The monoisotopic (exact) mass is 180 g/mol. The standard InChI is InChI=1S/C11H20N2/c1-2-8(3-1)12-11-6-9-4-5-10(7-11)13-9/h8-13H,1-7H2. The summed E-state index contributed by atoms with van der Waals surface area (Å²) in [6.07, 6.45) is 9.93. The van der Waals surface area contributed by atoms with Crippen LogP contribution < -0.4 is 10.6 Å². The van der Waals surface area contributed by atoms with E-state index in [4.69, 9.17) is 0 Å². The first-order chi connectivity index (χ1) is 6.40. The first-order valence-corrected chi connectivity index (χ1v) is 5.92. The minimum absolute atomic E-state index is 0.837. The Hall–Kier alpha value is -0.0800. The molecular weight excluding hydrogens is 160 g/mol. The summed E-state index contributed by atoms with van der Waals surface area (Å²) in [4.78, 5) is 0. The summed E-state index contributed by atoms with van der Waals surface area (Å²) in [5.41, 5.74) is 0. The van der Waals surface area contributed by atoms with Crippen LogP contribution in [-0.4, -0.2) is 24.2 Å². The molecule has 0 radical (unpaired) electrons. The van der Waals surface area contributed by atoms with Gasteiger partial charge < -0.3 is 10.6 Å². The van der Waals surface area contributed by atoms with Crippen molar-refractivity contribution in [3.63, 3.8) is 0 Å². The topological polar surface area (TPSA) is 24.1 Å². The number of nitrogens with one attached hydrogen (secondary N) is 2. The molecule has 13 heavy (non-hydrogen) atoms. The molecular formula is C11H20N2. The van der Waals surface area contributed by atoms with Crippen LogP contribution in [0.4, 0.5) is 0 Å². The summed E-state index contributed by atoms with van der Waals surface area (Å²) in [6, 6.07) is 3.40. The maximum absolute atomic E-state index is 3.82. The molecule has 3 aliphatic rings. The van der Waals surface area contributed by atoms with Crippen LogP contribution in [-0.2, 0) is 0 Å². The van der Waals surface area contributed by atoms with Crippen molar-refractivity contribution in [2.75, 3.05) is 0 Å². The van der Waals surface area contributed by atoms with E-state index in [0.29, 0.717) is 0 Å². The lowest BCUT2D eigenvalue weighted by Gasteiger charge is -2.36. The van der Waals surface area contributed by atoms with Gasteiger partial charge in [-0.05, 0) is 38.5 Å². The molecule has 0 spiro atoms. The van der Waals surface area contributed by atoms with Crippen molar-refractivity contribution in [2.45, 2.75) is 69.1 Å². The third-order valence-electron chi connectivity index (χ3n) is 4.05. The van der Waals surface area contributed by atoms with Crippen molar-refractivity contribution in [1.29, 1.82) is 0 Å². The fraction of sp³-hybridized carbons (Fsp3) is 1.00. The maximum Gasteiger partial charge on any atom is 0.00992 e. The molecule has 0 amide bonds. The molecule has 2 unspecified atom stereocenters. The molecule has 1 saturated carbocycles. The number of fused-ring (bicyclic) bond motifs is 2. The molecule has 3 fully saturated rings. The highest BCUT2D eigenvalue weighted by atomic mass is 15.1. The van der Waals surface area contributed by atoms with Crippen LogP contribution in [0.1, 0.15) is 44.9 Å². The second-order valence-corrected chi connectivity index (χ2v) is 5.10. The molecule has 2 saturated heterocycles. The van der Waals surface area contributed by atoms with Crippen LogP contribution in [0.2, 0.25) is 0 Å². The quantitative estimate of drug-likeness (QED) is 0.671. The molecule has 2 N–H and O–H groups in total. The Morgan fingerprint density at radius 2 is 1.54 bits per heavy atom. The van der Waals surface area contributed by atoms with Gasteiger partial charge in [0, 0.05) is 24.2 Å². The van der Waals surface area contributed by atoms with E-state index in [9.17, 15) is 0 Å². The number of hydrogen-bond donors (Lipinski definition) is 2. The second-order valence-electron chi connectivity index (χ2n) is 5.10. The van der Waals surface area contributed by atoms with Crippen LogP contribution in [0.15, 0.2) is 0 Å². The van der Waals surface area contributed by atoms with Gasteiger partial charge in [-0.25, -0.2) is 0 Å². The minimum atomic E-state index is 0.837. The van der Waals surface area contributed by atoms with Gasteiger partial charge >= 0.3 is 0 Å². The van der Waals surface area contributed by atoms with E-state index in [0.717, 1.165) is 24.2 Å². The number of rotatable bonds is 2. The second kappa shape index (κ2) is 3.25. The highest BCUT2D eigenvalue weighted by Crippen LogP contribution is 2.28. The van der Waals surface area contributed by atoms with Crippen LogP contribution >= 0.6 is 0 Å². The normalized spacial score (nSPS) is 44.8. The van der Waals surface area contributed by atoms with Gasteiger partial charge in [-0.3, -0.25) is 0 Å². The lowest BCUT2D eigenvalue weighted by Crippen LogP contribution is -2.50. The fourth-order valence-electron chi connectivity index (χ4n) is 3.10. The molecule has 0 aromatic carbocycles. The lowest BCUT2D eigenvalue weighted by molar-refractivity contribution is 0.245. The van der Waals surface area contributed by atoms with Crippen molar-refractivity contribution >= 4 is 0 Å². The Bertz CT molecular complexity index is 177. The summed E-state index contributed by atoms with van der Waals surface area (Å²) in [5, 5.41) is 7.51. The zero-order chi connectivity index (χ0) is 8.67. The van der Waals surface area contributed by atoms with Crippen molar-refractivity contribution in [2.24, 2.45) is 0 Å². The van der Waals surface area contributed by atoms with Gasteiger partial charge in [-0.2, -0.15) is 0 Å². The van der Waals surface area contributed by atoms with E-state index in [1.165, 1.54) is 44.9 Å². The molecule has 2 nitrogen and oxygen atoms in total. The average Bonchev–Trinajstić information content (AvgIpc) is 2.39. The van der Waals surface area contributed by atoms with Gasteiger partial charge in [-0.1, -0.05) is 6.42 Å². The minimum Gasteiger partial charge on any atom is -0.311 e. The molecule has 0 aromatic rings. The highest BCUT2D eigenvalue weighted by molar-refractivity contribution is 4.96.